The van der Waals surface area contributed by atoms with Gasteiger partial charge in [-0.1, -0.05) is 0 Å². The van der Waals surface area contributed by atoms with Crippen molar-refractivity contribution in [2.75, 3.05) is 68.8 Å². The van der Waals surface area contributed by atoms with Gasteiger partial charge in [-0.2, -0.15) is 0 Å². The molecule has 0 atom stereocenters. The molecular weight excluding hydrogens is 428 g/mol. The number of benzene rings is 2. The zero-order chi connectivity index (χ0) is 24.0. The molecular formula is C24H32N2O7. The van der Waals surface area contributed by atoms with E-state index in [0.717, 1.165) is 18.7 Å². The predicted molar refractivity (Wildman–Crippen MR) is 123 cm³/mol. The Bertz CT molecular complexity index is 921. The molecule has 1 heterocycles. The van der Waals surface area contributed by atoms with E-state index in [1.807, 2.05) is 17.0 Å². The summed E-state index contributed by atoms with van der Waals surface area (Å²) in [5, 5.41) is 0. The van der Waals surface area contributed by atoms with Gasteiger partial charge in [0.1, 0.15) is 0 Å². The number of carbonyl (C=O) groups excluding carboxylic acids is 1. The van der Waals surface area contributed by atoms with E-state index in [0.29, 0.717) is 59.7 Å². The van der Waals surface area contributed by atoms with Gasteiger partial charge in [-0.15, -0.1) is 0 Å². The summed E-state index contributed by atoms with van der Waals surface area (Å²) in [7, 11) is 9.41. The lowest BCUT2D eigenvalue weighted by molar-refractivity contribution is 0.0627. The van der Waals surface area contributed by atoms with Gasteiger partial charge in [0.25, 0.3) is 5.91 Å². The molecule has 1 saturated heterocycles. The van der Waals surface area contributed by atoms with Gasteiger partial charge >= 0.3 is 0 Å². The molecule has 0 unspecified atom stereocenters. The molecule has 1 aliphatic heterocycles. The van der Waals surface area contributed by atoms with Gasteiger partial charge in [0.2, 0.25) is 11.5 Å². The van der Waals surface area contributed by atoms with E-state index in [1.54, 1.807) is 33.5 Å². The third kappa shape index (κ3) is 5.19. The topological polar surface area (TPSA) is 78.9 Å². The first-order chi connectivity index (χ1) is 16.0. The molecule has 1 fully saturated rings. The van der Waals surface area contributed by atoms with Gasteiger partial charge in [-0.25, -0.2) is 0 Å². The molecule has 2 aromatic rings. The van der Waals surface area contributed by atoms with Crippen LogP contribution >= 0.6 is 0 Å². The van der Waals surface area contributed by atoms with E-state index in [1.165, 1.54) is 21.3 Å². The first-order valence-corrected chi connectivity index (χ1v) is 10.6. The van der Waals surface area contributed by atoms with Gasteiger partial charge in [-0.3, -0.25) is 9.69 Å². The molecule has 3 rings (SSSR count). The number of ether oxygens (including phenoxy) is 6. The largest absolute Gasteiger partial charge is 0.493 e. The van der Waals surface area contributed by atoms with Crippen molar-refractivity contribution in [2.45, 2.75) is 6.54 Å². The summed E-state index contributed by atoms with van der Waals surface area (Å²) in [5.74, 6) is 3.14. The number of amides is 1. The third-order valence-corrected chi connectivity index (χ3v) is 5.70. The quantitative estimate of drug-likeness (QED) is 0.565. The van der Waals surface area contributed by atoms with Crippen molar-refractivity contribution >= 4 is 5.91 Å². The minimum Gasteiger partial charge on any atom is -0.493 e. The molecule has 2 aromatic carbocycles. The van der Waals surface area contributed by atoms with Gasteiger partial charge in [0.05, 0.1) is 42.7 Å². The average Bonchev–Trinajstić information content (AvgIpc) is 2.86. The van der Waals surface area contributed by atoms with Crippen molar-refractivity contribution in [1.29, 1.82) is 0 Å². The summed E-state index contributed by atoms with van der Waals surface area (Å²) in [6.07, 6.45) is 0. The first-order valence-electron chi connectivity index (χ1n) is 10.6. The summed E-state index contributed by atoms with van der Waals surface area (Å²) < 4.78 is 32.4. The molecule has 0 aliphatic carbocycles. The van der Waals surface area contributed by atoms with Crippen molar-refractivity contribution in [3.05, 3.63) is 35.4 Å². The fourth-order valence-electron chi connectivity index (χ4n) is 3.98. The number of methoxy groups -OCH3 is 6. The number of rotatable bonds is 9. The molecule has 0 bridgehead atoms. The van der Waals surface area contributed by atoms with Crippen LogP contribution in [0.15, 0.2) is 24.3 Å². The van der Waals surface area contributed by atoms with Crippen LogP contribution in [-0.4, -0.2) is 84.5 Å². The Morgan fingerprint density at radius 2 is 1.09 bits per heavy atom. The number of nitrogens with zero attached hydrogens (tertiary/aromatic N) is 2. The standard InChI is InChI=1S/C24H32N2O7/c1-28-18-11-16(12-19(29-2)22(18)32-5)15-25-7-9-26(10-8-25)24(27)17-13-20(30-3)23(33-6)21(14-17)31-4/h11-14H,7-10,15H2,1-6H3. The normalized spacial score (nSPS) is 13.9. The van der Waals surface area contributed by atoms with Crippen LogP contribution in [0, 0.1) is 0 Å². The fourth-order valence-corrected chi connectivity index (χ4v) is 3.98. The lowest BCUT2D eigenvalue weighted by Crippen LogP contribution is -2.48. The molecule has 0 radical (unpaired) electrons. The lowest BCUT2D eigenvalue weighted by Gasteiger charge is -2.35. The Labute approximate surface area is 194 Å². The summed E-state index contributed by atoms with van der Waals surface area (Å²) in [4.78, 5) is 17.3. The summed E-state index contributed by atoms with van der Waals surface area (Å²) in [5.41, 5.74) is 1.55. The van der Waals surface area contributed by atoms with Crippen LogP contribution in [-0.2, 0) is 6.54 Å². The van der Waals surface area contributed by atoms with Crippen molar-refractivity contribution in [1.82, 2.24) is 9.80 Å². The Kier molecular flexibility index (Phi) is 8.11. The van der Waals surface area contributed by atoms with Gasteiger partial charge in [0.15, 0.2) is 23.0 Å². The maximum Gasteiger partial charge on any atom is 0.254 e. The highest BCUT2D eigenvalue weighted by molar-refractivity contribution is 5.95. The highest BCUT2D eigenvalue weighted by Gasteiger charge is 2.25. The van der Waals surface area contributed by atoms with Gasteiger partial charge in [-0.05, 0) is 29.8 Å². The Morgan fingerprint density at radius 3 is 1.48 bits per heavy atom. The van der Waals surface area contributed by atoms with Gasteiger partial charge < -0.3 is 33.3 Å². The second-order valence-corrected chi connectivity index (χ2v) is 7.52. The second-order valence-electron chi connectivity index (χ2n) is 7.52. The van der Waals surface area contributed by atoms with Crippen LogP contribution in [0.2, 0.25) is 0 Å². The molecule has 1 amide bonds. The number of carbonyl (C=O) groups is 1. The molecule has 9 heteroatoms. The number of hydrogen-bond donors (Lipinski definition) is 0. The maximum absolute atomic E-state index is 13.1. The highest BCUT2D eigenvalue weighted by atomic mass is 16.5. The molecule has 180 valence electrons. The van der Waals surface area contributed by atoms with Crippen molar-refractivity contribution in [3.8, 4) is 34.5 Å². The smallest absolute Gasteiger partial charge is 0.254 e. The van der Waals surface area contributed by atoms with E-state index in [-0.39, 0.29) is 5.91 Å². The zero-order valence-corrected chi connectivity index (χ0v) is 20.1. The molecule has 9 nitrogen and oxygen atoms in total. The Balaban J connectivity index is 1.69. The Hall–Kier alpha value is -3.33. The predicted octanol–water partition coefficient (Wildman–Crippen LogP) is 2.70. The molecule has 0 N–H and O–H groups in total. The lowest BCUT2D eigenvalue weighted by atomic mass is 10.1. The number of piperazine rings is 1. The SMILES string of the molecule is COc1cc(CN2CCN(C(=O)c3cc(OC)c(OC)c(OC)c3)CC2)cc(OC)c1OC. The van der Waals surface area contributed by atoms with Crippen LogP contribution in [0.1, 0.15) is 15.9 Å². The maximum atomic E-state index is 13.1. The monoisotopic (exact) mass is 460 g/mol. The summed E-state index contributed by atoms with van der Waals surface area (Å²) >= 11 is 0. The molecule has 0 spiro atoms. The summed E-state index contributed by atoms with van der Waals surface area (Å²) in [6, 6.07) is 7.28. The number of hydrogen-bond acceptors (Lipinski definition) is 8. The Morgan fingerprint density at radius 1 is 0.667 bits per heavy atom. The van der Waals surface area contributed by atoms with Crippen LogP contribution in [0.4, 0.5) is 0 Å². The van der Waals surface area contributed by atoms with Crippen LogP contribution in [0.3, 0.4) is 0 Å². The van der Waals surface area contributed by atoms with Crippen molar-refractivity contribution in [3.63, 3.8) is 0 Å². The first kappa shape index (κ1) is 24.3. The second kappa shape index (κ2) is 11.0. The van der Waals surface area contributed by atoms with E-state index in [4.69, 9.17) is 28.4 Å². The minimum absolute atomic E-state index is 0.0679. The van der Waals surface area contributed by atoms with Crippen LogP contribution < -0.4 is 28.4 Å². The molecule has 0 saturated carbocycles. The fraction of sp³-hybridized carbons (Fsp3) is 0.458. The van der Waals surface area contributed by atoms with Crippen LogP contribution in [0.5, 0.6) is 34.5 Å². The van der Waals surface area contributed by atoms with Crippen molar-refractivity contribution in [2.24, 2.45) is 0 Å². The minimum atomic E-state index is -0.0679. The van der Waals surface area contributed by atoms with Gasteiger partial charge in [0, 0.05) is 38.3 Å². The molecule has 33 heavy (non-hydrogen) atoms. The third-order valence-electron chi connectivity index (χ3n) is 5.70. The van der Waals surface area contributed by atoms with Crippen molar-refractivity contribution < 1.29 is 33.2 Å². The van der Waals surface area contributed by atoms with E-state index in [2.05, 4.69) is 4.90 Å². The van der Waals surface area contributed by atoms with E-state index >= 15 is 0 Å². The molecule has 0 aromatic heterocycles. The zero-order valence-electron chi connectivity index (χ0n) is 20.1. The summed E-state index contributed by atoms with van der Waals surface area (Å²) in [6.45, 7) is 3.42. The van der Waals surface area contributed by atoms with Crippen LogP contribution in [0.25, 0.3) is 0 Å². The molecule has 1 aliphatic rings. The highest BCUT2D eigenvalue weighted by Crippen LogP contribution is 2.39. The van der Waals surface area contributed by atoms with E-state index in [9.17, 15) is 4.79 Å². The van der Waals surface area contributed by atoms with E-state index < -0.39 is 0 Å². The average molecular weight is 461 g/mol.